The number of imidazole rings is 1. The van der Waals surface area contributed by atoms with E-state index >= 15 is 0 Å². The van der Waals surface area contributed by atoms with Crippen molar-refractivity contribution in [3.63, 3.8) is 0 Å². The number of carbonyl (C=O) groups is 1. The summed E-state index contributed by atoms with van der Waals surface area (Å²) in [5, 5.41) is 8.74. The lowest BCUT2D eigenvalue weighted by Gasteiger charge is -2.06. The Bertz CT molecular complexity index is 712. The molecule has 0 bridgehead atoms. The molecule has 3 N–H and O–H groups in total. The predicted molar refractivity (Wildman–Crippen MR) is 62.8 cm³/mol. The standard InChI is InChI=1S/C10H8FN3O4S/c11-8-2-1-6(5-7(8)9(15)16)19(17,18)14-10-12-3-4-13-10/h1-5H,(H,15,16)(H2,12,13,14). The van der Waals surface area contributed by atoms with Crippen LogP contribution in [0.1, 0.15) is 10.4 Å². The molecular formula is C10H8FN3O4S. The molecule has 0 unspecified atom stereocenters. The molecule has 1 heterocycles. The third kappa shape index (κ3) is 2.71. The van der Waals surface area contributed by atoms with E-state index in [1.54, 1.807) is 0 Å². The fourth-order valence-corrected chi connectivity index (χ4v) is 2.35. The van der Waals surface area contributed by atoms with Crippen molar-refractivity contribution in [2.24, 2.45) is 0 Å². The number of sulfonamides is 1. The Labute approximate surface area is 107 Å². The molecule has 0 saturated carbocycles. The van der Waals surface area contributed by atoms with Crippen LogP contribution in [0.2, 0.25) is 0 Å². The number of rotatable bonds is 4. The number of nitrogens with zero attached hydrogens (tertiary/aromatic N) is 1. The first-order valence-corrected chi connectivity index (χ1v) is 6.43. The molecule has 0 aliphatic heterocycles. The fraction of sp³-hybridized carbons (Fsp3) is 0. The van der Waals surface area contributed by atoms with Crippen molar-refractivity contribution in [3.8, 4) is 0 Å². The van der Waals surface area contributed by atoms with Crippen LogP contribution in [0.5, 0.6) is 0 Å². The summed E-state index contributed by atoms with van der Waals surface area (Å²) in [6.45, 7) is 0. The lowest BCUT2D eigenvalue weighted by molar-refractivity contribution is 0.0691. The van der Waals surface area contributed by atoms with Crippen LogP contribution >= 0.6 is 0 Å². The molecule has 100 valence electrons. The zero-order valence-corrected chi connectivity index (χ0v) is 10.1. The average Bonchev–Trinajstić information content (AvgIpc) is 2.80. The molecule has 1 aromatic carbocycles. The van der Waals surface area contributed by atoms with Gasteiger partial charge in [-0.2, -0.15) is 0 Å². The first-order valence-electron chi connectivity index (χ1n) is 4.95. The summed E-state index contributed by atoms with van der Waals surface area (Å²) in [7, 11) is -4.03. The van der Waals surface area contributed by atoms with Gasteiger partial charge in [0.2, 0.25) is 5.95 Å². The number of hydrogen-bond donors (Lipinski definition) is 3. The van der Waals surface area contributed by atoms with Gasteiger partial charge in [0.25, 0.3) is 10.0 Å². The van der Waals surface area contributed by atoms with E-state index in [0.717, 1.165) is 18.2 Å². The average molecular weight is 285 g/mol. The molecule has 7 nitrogen and oxygen atoms in total. The molecule has 0 aliphatic carbocycles. The van der Waals surface area contributed by atoms with E-state index in [1.807, 2.05) is 0 Å². The van der Waals surface area contributed by atoms with Crippen molar-refractivity contribution < 1.29 is 22.7 Å². The third-order valence-corrected chi connectivity index (χ3v) is 3.54. The van der Waals surface area contributed by atoms with Crippen molar-refractivity contribution in [1.82, 2.24) is 9.97 Å². The Morgan fingerprint density at radius 1 is 1.42 bits per heavy atom. The molecule has 9 heteroatoms. The first kappa shape index (κ1) is 13.0. The Balaban J connectivity index is 2.41. The number of benzene rings is 1. The summed E-state index contributed by atoms with van der Waals surface area (Å²) in [6, 6.07) is 2.48. The highest BCUT2D eigenvalue weighted by molar-refractivity contribution is 7.92. The van der Waals surface area contributed by atoms with Crippen LogP contribution < -0.4 is 4.72 Å². The minimum Gasteiger partial charge on any atom is -0.478 e. The Hall–Kier alpha value is -2.42. The minimum atomic E-state index is -4.03. The maximum absolute atomic E-state index is 13.2. The Kier molecular flexibility index (Phi) is 3.21. The summed E-state index contributed by atoms with van der Waals surface area (Å²) in [4.78, 5) is 16.6. The lowest BCUT2D eigenvalue weighted by Crippen LogP contribution is -2.15. The van der Waals surface area contributed by atoms with Crippen molar-refractivity contribution in [2.75, 3.05) is 4.72 Å². The van der Waals surface area contributed by atoms with Gasteiger partial charge in [-0.3, -0.25) is 0 Å². The van der Waals surface area contributed by atoms with E-state index in [0.29, 0.717) is 0 Å². The van der Waals surface area contributed by atoms with Crippen LogP contribution in [0.4, 0.5) is 10.3 Å². The van der Waals surface area contributed by atoms with Gasteiger partial charge in [0.05, 0.1) is 10.5 Å². The number of aromatic nitrogens is 2. The second kappa shape index (κ2) is 4.69. The third-order valence-electron chi connectivity index (χ3n) is 2.21. The number of hydrogen-bond acceptors (Lipinski definition) is 4. The summed E-state index contributed by atoms with van der Waals surface area (Å²) in [6.07, 6.45) is 2.75. The van der Waals surface area contributed by atoms with E-state index in [-0.39, 0.29) is 10.8 Å². The van der Waals surface area contributed by atoms with Gasteiger partial charge < -0.3 is 10.1 Å². The van der Waals surface area contributed by atoms with E-state index < -0.39 is 27.4 Å². The van der Waals surface area contributed by atoms with E-state index in [2.05, 4.69) is 14.7 Å². The highest BCUT2D eigenvalue weighted by atomic mass is 32.2. The normalized spacial score (nSPS) is 11.2. The first-order chi connectivity index (χ1) is 8.90. The number of anilines is 1. The topological polar surface area (TPSA) is 112 Å². The quantitative estimate of drug-likeness (QED) is 0.777. The van der Waals surface area contributed by atoms with Gasteiger partial charge in [-0.15, -0.1) is 0 Å². The monoisotopic (exact) mass is 285 g/mol. The number of carboxylic acid groups (broad SMARTS) is 1. The number of H-pyrrole nitrogens is 1. The second-order valence-corrected chi connectivity index (χ2v) is 5.17. The van der Waals surface area contributed by atoms with Crippen molar-refractivity contribution >= 4 is 21.9 Å². The molecule has 0 saturated heterocycles. The summed E-state index contributed by atoms with van der Waals surface area (Å²) < 4.78 is 39.1. The lowest BCUT2D eigenvalue weighted by atomic mass is 10.2. The van der Waals surface area contributed by atoms with Gasteiger partial charge >= 0.3 is 5.97 Å². The maximum Gasteiger partial charge on any atom is 0.338 e. The fourth-order valence-electron chi connectivity index (χ4n) is 1.34. The maximum atomic E-state index is 13.2. The summed E-state index contributed by atoms with van der Waals surface area (Å²) >= 11 is 0. The molecule has 1 aromatic heterocycles. The Morgan fingerprint density at radius 3 is 2.74 bits per heavy atom. The molecular weight excluding hydrogens is 277 g/mol. The predicted octanol–water partition coefficient (Wildman–Crippen LogP) is 1.05. The largest absolute Gasteiger partial charge is 0.478 e. The second-order valence-electron chi connectivity index (χ2n) is 3.49. The Morgan fingerprint density at radius 2 is 2.16 bits per heavy atom. The van der Waals surface area contributed by atoms with Crippen LogP contribution in [0.15, 0.2) is 35.5 Å². The van der Waals surface area contributed by atoms with Crippen LogP contribution in [-0.2, 0) is 10.0 Å². The molecule has 0 radical (unpaired) electrons. The molecule has 0 amide bonds. The van der Waals surface area contributed by atoms with Crippen molar-refractivity contribution in [3.05, 3.63) is 42.0 Å². The molecule has 19 heavy (non-hydrogen) atoms. The van der Waals surface area contributed by atoms with Crippen molar-refractivity contribution in [1.29, 1.82) is 0 Å². The highest BCUT2D eigenvalue weighted by Crippen LogP contribution is 2.17. The molecule has 0 spiro atoms. The van der Waals surface area contributed by atoms with Gasteiger partial charge in [0.1, 0.15) is 5.82 Å². The van der Waals surface area contributed by atoms with Gasteiger partial charge in [-0.05, 0) is 18.2 Å². The minimum absolute atomic E-state index is 0.0267. The number of carboxylic acids is 1. The molecule has 2 rings (SSSR count). The zero-order chi connectivity index (χ0) is 14.0. The molecule has 2 aromatic rings. The van der Waals surface area contributed by atoms with Crippen LogP contribution in [0.3, 0.4) is 0 Å². The number of halogens is 1. The molecule has 0 fully saturated rings. The van der Waals surface area contributed by atoms with Crippen LogP contribution in [0.25, 0.3) is 0 Å². The van der Waals surface area contributed by atoms with E-state index in [1.165, 1.54) is 12.4 Å². The van der Waals surface area contributed by atoms with Gasteiger partial charge in [-0.25, -0.2) is 27.3 Å². The zero-order valence-electron chi connectivity index (χ0n) is 9.29. The highest BCUT2D eigenvalue weighted by Gasteiger charge is 2.19. The van der Waals surface area contributed by atoms with E-state index in [4.69, 9.17) is 5.11 Å². The van der Waals surface area contributed by atoms with Crippen molar-refractivity contribution in [2.45, 2.75) is 4.90 Å². The summed E-state index contributed by atoms with van der Waals surface area (Å²) in [5.41, 5.74) is -0.720. The number of aromatic carboxylic acids is 1. The van der Waals surface area contributed by atoms with Crippen LogP contribution in [-0.4, -0.2) is 29.5 Å². The number of nitrogens with one attached hydrogen (secondary N) is 2. The van der Waals surface area contributed by atoms with Gasteiger partial charge in [0.15, 0.2) is 0 Å². The smallest absolute Gasteiger partial charge is 0.338 e. The SMILES string of the molecule is O=C(O)c1cc(S(=O)(=O)Nc2ncc[nH]2)ccc1F. The molecule has 0 aliphatic rings. The number of aromatic amines is 1. The van der Waals surface area contributed by atoms with Crippen LogP contribution in [0, 0.1) is 5.82 Å². The van der Waals surface area contributed by atoms with Gasteiger partial charge in [-0.1, -0.05) is 0 Å². The molecule has 0 atom stereocenters. The summed E-state index contributed by atoms with van der Waals surface area (Å²) in [5.74, 6) is -2.59. The van der Waals surface area contributed by atoms with Gasteiger partial charge in [0, 0.05) is 12.4 Å². The van der Waals surface area contributed by atoms with E-state index in [9.17, 15) is 17.6 Å².